The van der Waals surface area contributed by atoms with Crippen LogP contribution in [0.15, 0.2) is 18.5 Å². The summed E-state index contributed by atoms with van der Waals surface area (Å²) >= 11 is 0. The van der Waals surface area contributed by atoms with Gasteiger partial charge < -0.3 is 19.9 Å². The molecule has 0 fully saturated rings. The highest BCUT2D eigenvalue weighted by Gasteiger charge is 2.18. The number of esters is 1. The van der Waals surface area contributed by atoms with Gasteiger partial charge in [-0.15, -0.1) is 0 Å². The fraction of sp³-hybridized carbons (Fsp3) is 0.308. The molecule has 2 aromatic rings. The van der Waals surface area contributed by atoms with E-state index in [9.17, 15) is 4.79 Å². The molecule has 0 aliphatic carbocycles. The SMILES string of the molecule is COc1cc(OC)c(N)c(C(=O)OCc2ncnn2C)c1. The predicted molar refractivity (Wildman–Crippen MR) is 74.1 cm³/mol. The van der Waals surface area contributed by atoms with E-state index in [1.54, 1.807) is 13.1 Å². The molecule has 2 rings (SSSR count). The number of aryl methyl sites for hydroxylation is 1. The highest BCUT2D eigenvalue weighted by atomic mass is 16.5. The van der Waals surface area contributed by atoms with E-state index in [0.717, 1.165) is 0 Å². The molecular weight excluding hydrogens is 276 g/mol. The molecule has 0 bridgehead atoms. The Morgan fingerprint density at radius 1 is 1.33 bits per heavy atom. The Labute approximate surface area is 121 Å². The third-order valence-corrected chi connectivity index (χ3v) is 2.93. The van der Waals surface area contributed by atoms with Crippen LogP contribution in [0.25, 0.3) is 0 Å². The van der Waals surface area contributed by atoms with Crippen molar-refractivity contribution in [3.63, 3.8) is 0 Å². The highest BCUT2D eigenvalue weighted by Crippen LogP contribution is 2.31. The third kappa shape index (κ3) is 3.04. The minimum atomic E-state index is -0.590. The van der Waals surface area contributed by atoms with Crippen molar-refractivity contribution in [3.05, 3.63) is 29.8 Å². The summed E-state index contributed by atoms with van der Waals surface area (Å²) in [5.41, 5.74) is 6.25. The molecule has 2 N–H and O–H groups in total. The molecule has 8 heteroatoms. The summed E-state index contributed by atoms with van der Waals surface area (Å²) in [5.74, 6) is 0.732. The van der Waals surface area contributed by atoms with Crippen LogP contribution in [0.2, 0.25) is 0 Å². The summed E-state index contributed by atoms with van der Waals surface area (Å²) in [4.78, 5) is 16.1. The molecule has 1 heterocycles. The zero-order valence-corrected chi connectivity index (χ0v) is 12.0. The second kappa shape index (κ2) is 6.12. The zero-order valence-electron chi connectivity index (χ0n) is 12.0. The molecule has 8 nitrogen and oxygen atoms in total. The number of aromatic nitrogens is 3. The lowest BCUT2D eigenvalue weighted by molar-refractivity contribution is 0.0458. The van der Waals surface area contributed by atoms with Crippen molar-refractivity contribution < 1.29 is 19.0 Å². The van der Waals surface area contributed by atoms with Crippen LogP contribution >= 0.6 is 0 Å². The van der Waals surface area contributed by atoms with Gasteiger partial charge in [0, 0.05) is 13.1 Å². The second-order valence-electron chi connectivity index (χ2n) is 4.17. The number of benzene rings is 1. The van der Waals surface area contributed by atoms with Crippen LogP contribution in [0.3, 0.4) is 0 Å². The van der Waals surface area contributed by atoms with Crippen molar-refractivity contribution in [3.8, 4) is 11.5 Å². The van der Waals surface area contributed by atoms with Crippen molar-refractivity contribution in [2.24, 2.45) is 7.05 Å². The summed E-state index contributed by atoms with van der Waals surface area (Å²) < 4.78 is 16.9. The van der Waals surface area contributed by atoms with Crippen molar-refractivity contribution in [1.29, 1.82) is 0 Å². The van der Waals surface area contributed by atoms with E-state index in [1.807, 2.05) is 0 Å². The molecule has 0 saturated carbocycles. The van der Waals surface area contributed by atoms with Gasteiger partial charge in [0.1, 0.15) is 17.8 Å². The number of anilines is 1. The van der Waals surface area contributed by atoms with E-state index >= 15 is 0 Å². The first-order valence-corrected chi connectivity index (χ1v) is 6.08. The van der Waals surface area contributed by atoms with Crippen molar-refractivity contribution in [2.75, 3.05) is 20.0 Å². The van der Waals surface area contributed by atoms with E-state index < -0.39 is 5.97 Å². The van der Waals surface area contributed by atoms with Gasteiger partial charge in [-0.2, -0.15) is 5.10 Å². The van der Waals surface area contributed by atoms with E-state index in [-0.39, 0.29) is 17.9 Å². The fourth-order valence-corrected chi connectivity index (χ4v) is 1.72. The molecule has 0 atom stereocenters. The number of hydrogen-bond acceptors (Lipinski definition) is 7. The molecule has 0 aliphatic heterocycles. The molecule has 1 aromatic carbocycles. The number of nitrogens with zero attached hydrogens (tertiary/aromatic N) is 3. The Bertz CT molecular complexity index is 654. The summed E-state index contributed by atoms with van der Waals surface area (Å²) in [6.45, 7) is -0.00566. The number of methoxy groups -OCH3 is 2. The van der Waals surface area contributed by atoms with Gasteiger partial charge in [-0.3, -0.25) is 4.68 Å². The Balaban J connectivity index is 2.20. The topological polar surface area (TPSA) is 101 Å². The highest BCUT2D eigenvalue weighted by molar-refractivity contribution is 5.97. The Hall–Kier alpha value is -2.77. The van der Waals surface area contributed by atoms with Crippen molar-refractivity contribution in [2.45, 2.75) is 6.61 Å². The lowest BCUT2D eigenvalue weighted by Gasteiger charge is -2.12. The molecular formula is C13H16N4O4. The molecule has 0 radical (unpaired) electrons. The number of hydrogen-bond donors (Lipinski definition) is 1. The lowest BCUT2D eigenvalue weighted by atomic mass is 10.1. The summed E-state index contributed by atoms with van der Waals surface area (Å²) in [6, 6.07) is 3.09. The molecule has 0 amide bonds. The number of nitrogen functional groups attached to an aromatic ring is 1. The quantitative estimate of drug-likeness (QED) is 0.641. The van der Waals surface area contributed by atoms with Gasteiger partial charge in [0.15, 0.2) is 12.4 Å². The van der Waals surface area contributed by atoms with Gasteiger partial charge >= 0.3 is 5.97 Å². The molecule has 0 saturated heterocycles. The molecule has 1 aromatic heterocycles. The standard InChI is InChI=1S/C13H16N4O4/c1-17-11(15-7-16-17)6-21-13(18)9-4-8(19-2)5-10(20-3)12(9)14/h4-5,7H,6,14H2,1-3H3. The average Bonchev–Trinajstić information content (AvgIpc) is 2.90. The predicted octanol–water partition coefficient (Wildman–Crippen LogP) is 0.771. The van der Waals surface area contributed by atoms with Crippen molar-refractivity contribution >= 4 is 11.7 Å². The fourth-order valence-electron chi connectivity index (χ4n) is 1.72. The monoisotopic (exact) mass is 292 g/mol. The Morgan fingerprint density at radius 3 is 2.67 bits per heavy atom. The van der Waals surface area contributed by atoms with Gasteiger partial charge in [0.25, 0.3) is 0 Å². The summed E-state index contributed by atoms with van der Waals surface area (Å²) in [5, 5.41) is 3.89. The minimum absolute atomic E-state index is 0.00566. The average molecular weight is 292 g/mol. The first-order chi connectivity index (χ1) is 10.1. The van der Waals surface area contributed by atoms with E-state index in [2.05, 4.69) is 10.1 Å². The van der Waals surface area contributed by atoms with Crippen LogP contribution in [-0.4, -0.2) is 35.0 Å². The lowest BCUT2D eigenvalue weighted by Crippen LogP contribution is -2.11. The first-order valence-electron chi connectivity index (χ1n) is 6.08. The van der Waals surface area contributed by atoms with Gasteiger partial charge in [0.2, 0.25) is 0 Å². The minimum Gasteiger partial charge on any atom is -0.497 e. The molecule has 0 spiro atoms. The Morgan fingerprint density at radius 2 is 2.10 bits per heavy atom. The van der Waals surface area contributed by atoms with Crippen LogP contribution in [0.5, 0.6) is 11.5 Å². The maximum Gasteiger partial charge on any atom is 0.340 e. The van der Waals surface area contributed by atoms with Crippen LogP contribution in [0, 0.1) is 0 Å². The number of nitrogens with two attached hydrogens (primary N) is 1. The van der Waals surface area contributed by atoms with Crippen LogP contribution in [0.4, 0.5) is 5.69 Å². The third-order valence-electron chi connectivity index (χ3n) is 2.93. The first kappa shape index (κ1) is 14.6. The summed E-state index contributed by atoms with van der Waals surface area (Å²) in [6.07, 6.45) is 1.38. The largest absolute Gasteiger partial charge is 0.497 e. The van der Waals surface area contributed by atoms with Gasteiger partial charge in [-0.1, -0.05) is 0 Å². The maximum atomic E-state index is 12.1. The van der Waals surface area contributed by atoms with Gasteiger partial charge in [-0.05, 0) is 6.07 Å². The second-order valence-corrected chi connectivity index (χ2v) is 4.17. The number of ether oxygens (including phenoxy) is 3. The normalized spacial score (nSPS) is 10.2. The molecule has 112 valence electrons. The maximum absolute atomic E-state index is 12.1. The van der Waals surface area contributed by atoms with Gasteiger partial charge in [-0.25, -0.2) is 9.78 Å². The zero-order chi connectivity index (χ0) is 15.4. The van der Waals surface area contributed by atoms with Crippen LogP contribution in [0.1, 0.15) is 16.2 Å². The van der Waals surface area contributed by atoms with E-state index in [0.29, 0.717) is 17.3 Å². The van der Waals surface area contributed by atoms with Gasteiger partial charge in [0.05, 0.1) is 25.5 Å². The number of rotatable bonds is 5. The summed E-state index contributed by atoms with van der Waals surface area (Å²) in [7, 11) is 4.65. The van der Waals surface area contributed by atoms with Crippen molar-refractivity contribution in [1.82, 2.24) is 14.8 Å². The number of carbonyl (C=O) groups excluding carboxylic acids is 1. The number of carbonyl (C=O) groups is 1. The van der Waals surface area contributed by atoms with Crippen LogP contribution < -0.4 is 15.2 Å². The Kier molecular flexibility index (Phi) is 4.27. The molecule has 0 unspecified atom stereocenters. The van der Waals surface area contributed by atoms with E-state index in [1.165, 1.54) is 31.3 Å². The molecule has 0 aliphatic rings. The molecule has 21 heavy (non-hydrogen) atoms. The smallest absolute Gasteiger partial charge is 0.340 e. The van der Waals surface area contributed by atoms with E-state index in [4.69, 9.17) is 19.9 Å². The van der Waals surface area contributed by atoms with Crippen LogP contribution in [-0.2, 0) is 18.4 Å².